The maximum atomic E-state index is 12.4. The minimum atomic E-state index is -0.558. The number of carbonyl (C=O) groups is 1. The fraction of sp³-hybridized carbons (Fsp3) is 0.968. The quantitative estimate of drug-likeness (QED) is 0.269. The molecule has 35 heavy (non-hydrogen) atoms. The van der Waals surface area contributed by atoms with Gasteiger partial charge in [0.2, 0.25) is 6.29 Å². The standard InChI is InChI=1S/C31H51ClO3/c1-19(2)8-7-9-20(3)23-12-13-24-22-11-10-21-18-31(26(32)27(33)35-28(31)34-6)17-16-29(21,4)25(22)14-15-30(23,24)5/h19-26,28H,7-18H2,1-6H3/t20-,21+,22+,23-,24+,25+,26+,28-,29+,30-,31+/m1/s1. The van der Waals surface area contributed by atoms with Gasteiger partial charge in [-0.3, -0.25) is 4.79 Å². The molecule has 5 aliphatic rings. The first-order valence-corrected chi connectivity index (χ1v) is 15.4. The number of alkyl halides is 1. The first-order valence-electron chi connectivity index (χ1n) is 14.9. The van der Waals surface area contributed by atoms with Crippen LogP contribution >= 0.6 is 11.6 Å². The molecule has 1 heterocycles. The number of fused-ring (bicyclic) bond motifs is 5. The fourth-order valence-electron chi connectivity index (χ4n) is 10.7. The molecule has 0 aromatic carbocycles. The van der Waals surface area contributed by atoms with Crippen LogP contribution in [0.3, 0.4) is 0 Å². The van der Waals surface area contributed by atoms with Gasteiger partial charge in [0.15, 0.2) is 0 Å². The van der Waals surface area contributed by atoms with Crippen LogP contribution in [0.1, 0.15) is 112 Å². The molecule has 0 aromatic heterocycles. The molecule has 5 rings (SSSR count). The van der Waals surface area contributed by atoms with Gasteiger partial charge in [-0.25, -0.2) is 0 Å². The van der Waals surface area contributed by atoms with Gasteiger partial charge in [-0.1, -0.05) is 53.9 Å². The zero-order chi connectivity index (χ0) is 25.2. The van der Waals surface area contributed by atoms with Gasteiger partial charge < -0.3 is 9.47 Å². The molecule has 0 aromatic rings. The average Bonchev–Trinajstić information content (AvgIpc) is 3.29. The molecule has 4 heteroatoms. The number of methoxy groups -OCH3 is 1. The molecule has 0 radical (unpaired) electrons. The van der Waals surface area contributed by atoms with Gasteiger partial charge in [-0.05, 0) is 110 Å². The number of halogens is 1. The van der Waals surface area contributed by atoms with Crippen molar-refractivity contribution in [3.05, 3.63) is 0 Å². The van der Waals surface area contributed by atoms with Crippen LogP contribution in [0.4, 0.5) is 0 Å². The smallest absolute Gasteiger partial charge is 0.327 e. The largest absolute Gasteiger partial charge is 0.434 e. The van der Waals surface area contributed by atoms with Gasteiger partial charge >= 0.3 is 5.97 Å². The van der Waals surface area contributed by atoms with Crippen molar-refractivity contribution in [1.82, 2.24) is 0 Å². The van der Waals surface area contributed by atoms with E-state index in [2.05, 4.69) is 34.6 Å². The zero-order valence-electron chi connectivity index (χ0n) is 23.3. The maximum absolute atomic E-state index is 12.4. The Morgan fingerprint density at radius 3 is 2.43 bits per heavy atom. The molecule has 3 nitrogen and oxygen atoms in total. The Labute approximate surface area is 219 Å². The van der Waals surface area contributed by atoms with E-state index in [0.717, 1.165) is 54.8 Å². The Morgan fingerprint density at radius 2 is 1.71 bits per heavy atom. The highest BCUT2D eigenvalue weighted by Crippen LogP contribution is 2.70. The third-order valence-electron chi connectivity index (χ3n) is 12.6. The molecule has 0 bridgehead atoms. The van der Waals surface area contributed by atoms with Crippen molar-refractivity contribution in [2.45, 2.75) is 123 Å². The van der Waals surface area contributed by atoms with Crippen molar-refractivity contribution in [3.8, 4) is 0 Å². The van der Waals surface area contributed by atoms with Crippen LogP contribution in [0.2, 0.25) is 0 Å². The van der Waals surface area contributed by atoms with Gasteiger partial charge in [0.05, 0.1) is 5.41 Å². The van der Waals surface area contributed by atoms with E-state index in [0.29, 0.717) is 16.7 Å². The number of ether oxygens (including phenoxy) is 2. The van der Waals surface area contributed by atoms with Crippen molar-refractivity contribution < 1.29 is 14.3 Å². The summed E-state index contributed by atoms with van der Waals surface area (Å²) in [5.41, 5.74) is 0.583. The lowest BCUT2D eigenvalue weighted by atomic mass is 9.42. The van der Waals surface area contributed by atoms with Crippen molar-refractivity contribution in [2.75, 3.05) is 7.11 Å². The second-order valence-electron chi connectivity index (χ2n) is 14.5. The summed E-state index contributed by atoms with van der Waals surface area (Å²) in [6, 6.07) is 0. The van der Waals surface area contributed by atoms with Crippen molar-refractivity contribution >= 4 is 17.6 Å². The molecule has 200 valence electrons. The maximum Gasteiger partial charge on any atom is 0.327 e. The van der Waals surface area contributed by atoms with E-state index in [-0.39, 0.29) is 11.4 Å². The summed E-state index contributed by atoms with van der Waals surface area (Å²) in [6.07, 6.45) is 15.2. The first kappa shape index (κ1) is 26.3. The Bertz CT molecular complexity index is 798. The molecule has 1 spiro atoms. The van der Waals surface area contributed by atoms with Crippen LogP contribution in [0, 0.1) is 57.7 Å². The predicted molar refractivity (Wildman–Crippen MR) is 142 cm³/mol. The number of esters is 1. The monoisotopic (exact) mass is 506 g/mol. The van der Waals surface area contributed by atoms with Crippen LogP contribution in [0.15, 0.2) is 0 Å². The number of cyclic esters (lactones) is 1. The van der Waals surface area contributed by atoms with E-state index in [1.807, 2.05) is 0 Å². The fourth-order valence-corrected chi connectivity index (χ4v) is 11.1. The van der Waals surface area contributed by atoms with Crippen molar-refractivity contribution in [2.24, 2.45) is 57.7 Å². The molecular formula is C31H51ClO3. The highest BCUT2D eigenvalue weighted by Gasteiger charge is 2.66. The van der Waals surface area contributed by atoms with Gasteiger partial charge in [0.1, 0.15) is 5.38 Å². The van der Waals surface area contributed by atoms with Gasteiger partial charge in [0, 0.05) is 7.11 Å². The Kier molecular flexibility index (Phi) is 7.13. The zero-order valence-corrected chi connectivity index (χ0v) is 24.0. The van der Waals surface area contributed by atoms with Gasteiger partial charge in [-0.2, -0.15) is 0 Å². The molecule has 4 aliphatic carbocycles. The highest BCUT2D eigenvalue weighted by atomic mass is 35.5. The Hall–Kier alpha value is -0.280. The van der Waals surface area contributed by atoms with Crippen molar-refractivity contribution in [3.63, 3.8) is 0 Å². The van der Waals surface area contributed by atoms with E-state index in [9.17, 15) is 4.79 Å². The summed E-state index contributed by atoms with van der Waals surface area (Å²) < 4.78 is 11.3. The number of carbonyl (C=O) groups excluding carboxylic acids is 1. The van der Waals surface area contributed by atoms with E-state index in [1.165, 1.54) is 57.8 Å². The lowest BCUT2D eigenvalue weighted by molar-refractivity contribution is -0.192. The van der Waals surface area contributed by atoms with Crippen molar-refractivity contribution in [1.29, 1.82) is 0 Å². The molecule has 0 unspecified atom stereocenters. The van der Waals surface area contributed by atoms with Crippen LogP contribution in [0.25, 0.3) is 0 Å². The van der Waals surface area contributed by atoms with Crippen LogP contribution in [-0.4, -0.2) is 24.7 Å². The minimum absolute atomic E-state index is 0.274. The summed E-state index contributed by atoms with van der Waals surface area (Å²) in [4.78, 5) is 12.4. The number of hydrogen-bond acceptors (Lipinski definition) is 3. The third-order valence-corrected chi connectivity index (χ3v) is 13.3. The molecule has 1 saturated heterocycles. The highest BCUT2D eigenvalue weighted by molar-refractivity contribution is 6.31. The molecule has 5 fully saturated rings. The number of hydrogen-bond donors (Lipinski definition) is 0. The molecule has 4 saturated carbocycles. The SMILES string of the molecule is CO[C@@H]1OC(=O)[C@H](Cl)[C@@]12CC[C@@]1(C)[C@@H](CC[C@@H]3[C@@H]1CC[C@]1(C)[C@@H]([C@H](C)CCCC(C)C)CC[C@@H]31)C2. The van der Waals surface area contributed by atoms with E-state index >= 15 is 0 Å². The Balaban J connectivity index is 1.30. The normalized spacial score (nSPS) is 50.1. The predicted octanol–water partition coefficient (Wildman–Crippen LogP) is 8.23. The molecular weight excluding hydrogens is 456 g/mol. The lowest BCUT2D eigenvalue weighted by Gasteiger charge is -2.62. The number of rotatable bonds is 6. The molecule has 0 amide bonds. The summed E-state index contributed by atoms with van der Waals surface area (Å²) >= 11 is 6.72. The van der Waals surface area contributed by atoms with Crippen LogP contribution in [0.5, 0.6) is 0 Å². The third kappa shape index (κ3) is 4.03. The van der Waals surface area contributed by atoms with E-state index in [4.69, 9.17) is 21.1 Å². The topological polar surface area (TPSA) is 35.5 Å². The molecule has 1 aliphatic heterocycles. The Morgan fingerprint density at radius 1 is 0.971 bits per heavy atom. The average molecular weight is 507 g/mol. The van der Waals surface area contributed by atoms with E-state index in [1.54, 1.807) is 7.11 Å². The van der Waals surface area contributed by atoms with Crippen LogP contribution < -0.4 is 0 Å². The second kappa shape index (κ2) is 9.48. The molecule has 11 atom stereocenters. The molecule has 0 N–H and O–H groups in total. The van der Waals surface area contributed by atoms with Gasteiger partial charge in [-0.15, -0.1) is 11.6 Å². The minimum Gasteiger partial charge on any atom is -0.434 e. The van der Waals surface area contributed by atoms with Gasteiger partial charge in [0.25, 0.3) is 0 Å². The van der Waals surface area contributed by atoms with E-state index < -0.39 is 11.7 Å². The first-order chi connectivity index (χ1) is 16.6. The second-order valence-corrected chi connectivity index (χ2v) is 14.9. The lowest BCUT2D eigenvalue weighted by Crippen LogP contribution is -2.57. The summed E-state index contributed by atoms with van der Waals surface area (Å²) in [6.45, 7) is 12.6. The summed E-state index contributed by atoms with van der Waals surface area (Å²) in [5, 5.41) is -0.558. The summed E-state index contributed by atoms with van der Waals surface area (Å²) in [7, 11) is 1.67. The summed E-state index contributed by atoms with van der Waals surface area (Å²) in [5.74, 6) is 5.61. The van der Waals surface area contributed by atoms with Crippen LogP contribution in [-0.2, 0) is 14.3 Å².